The lowest BCUT2D eigenvalue weighted by Gasteiger charge is -2.27. The summed E-state index contributed by atoms with van der Waals surface area (Å²) in [6.07, 6.45) is -1.11. The molecular weight excluding hydrogens is 531 g/mol. The molecule has 1 aliphatic rings. The van der Waals surface area contributed by atoms with E-state index in [1.165, 1.54) is 0 Å². The summed E-state index contributed by atoms with van der Waals surface area (Å²) in [7, 11) is -17.2. The van der Waals surface area contributed by atoms with Crippen LogP contribution in [0.4, 0.5) is 8.78 Å². The van der Waals surface area contributed by atoms with E-state index in [-0.39, 0.29) is 0 Å². The summed E-state index contributed by atoms with van der Waals surface area (Å²) in [6, 6.07) is 0. The van der Waals surface area contributed by atoms with Crippen LogP contribution in [-0.4, -0.2) is 58.7 Å². The first-order chi connectivity index (χ1) is 14.4. The second-order valence-corrected chi connectivity index (χ2v) is 10.7. The van der Waals surface area contributed by atoms with Crippen LogP contribution >= 0.6 is 35.7 Å². The number of alkyl halides is 1. The lowest BCUT2D eigenvalue weighted by Crippen LogP contribution is -2.44. The number of nitrogens with one attached hydrogen (secondary N) is 1. The number of aromatic nitrogens is 2. The highest BCUT2D eigenvalue weighted by molar-refractivity contribution is 7.71. The minimum absolute atomic E-state index is 0.445. The van der Waals surface area contributed by atoms with Gasteiger partial charge in [-0.15, -0.1) is 6.42 Å². The van der Waals surface area contributed by atoms with Gasteiger partial charge in [-0.3, -0.25) is 18.9 Å². The maximum Gasteiger partial charge on any atom is 0.490 e. The fourth-order valence-electron chi connectivity index (χ4n) is 2.38. The van der Waals surface area contributed by atoms with Gasteiger partial charge in [0.25, 0.3) is 5.56 Å². The van der Waals surface area contributed by atoms with Gasteiger partial charge >= 0.3 is 23.5 Å². The van der Waals surface area contributed by atoms with Crippen LogP contribution in [0.3, 0.4) is 0 Å². The van der Waals surface area contributed by atoms with Crippen LogP contribution in [-0.2, 0) is 31.6 Å². The van der Waals surface area contributed by atoms with Crippen molar-refractivity contribution in [1.82, 2.24) is 9.55 Å². The van der Waals surface area contributed by atoms with E-state index in [1.54, 1.807) is 5.92 Å². The molecule has 0 aromatic carbocycles. The molecule has 15 nitrogen and oxygen atoms in total. The Morgan fingerprint density at radius 1 is 1.28 bits per heavy atom. The number of phosphoric acid groups is 3. The van der Waals surface area contributed by atoms with Gasteiger partial charge in [0.15, 0.2) is 22.8 Å². The minimum atomic E-state index is -5.86. The lowest BCUT2D eigenvalue weighted by atomic mass is 9.98. The summed E-state index contributed by atoms with van der Waals surface area (Å²) in [4.78, 5) is 48.6. The third-order valence-corrected chi connectivity index (χ3v) is 7.78. The van der Waals surface area contributed by atoms with E-state index in [4.69, 9.17) is 38.1 Å². The highest BCUT2D eigenvalue weighted by atomic mass is 32.1. The van der Waals surface area contributed by atoms with Crippen LogP contribution in [0.2, 0.25) is 0 Å². The van der Waals surface area contributed by atoms with Crippen molar-refractivity contribution in [3.05, 3.63) is 27.1 Å². The van der Waals surface area contributed by atoms with Gasteiger partial charge in [0, 0.05) is 0 Å². The second-order valence-electron chi connectivity index (χ2n) is 5.94. The maximum atomic E-state index is 14.7. The van der Waals surface area contributed by atoms with E-state index in [9.17, 15) is 37.3 Å². The maximum absolute atomic E-state index is 14.7. The molecule has 0 aliphatic carbocycles. The van der Waals surface area contributed by atoms with E-state index in [0.29, 0.717) is 10.8 Å². The van der Waals surface area contributed by atoms with Crippen LogP contribution in [0.25, 0.3) is 0 Å². The topological polar surface area (TPSA) is 227 Å². The number of aliphatic hydroxyl groups is 1. The smallest absolute Gasteiger partial charge is 0.386 e. The summed E-state index contributed by atoms with van der Waals surface area (Å²) in [5.74, 6) is 0.344. The van der Waals surface area contributed by atoms with Crippen molar-refractivity contribution in [3.8, 4) is 12.3 Å². The van der Waals surface area contributed by atoms with Crippen molar-refractivity contribution >= 4 is 35.7 Å². The van der Waals surface area contributed by atoms with Crippen molar-refractivity contribution < 1.29 is 65.0 Å². The van der Waals surface area contributed by atoms with Crippen molar-refractivity contribution in [3.63, 3.8) is 0 Å². The molecule has 180 valence electrons. The number of H-pyrrole nitrogens is 1. The highest BCUT2D eigenvalue weighted by Gasteiger charge is 2.57. The van der Waals surface area contributed by atoms with Crippen molar-refractivity contribution in [2.45, 2.75) is 24.1 Å². The summed E-state index contributed by atoms with van der Waals surface area (Å²) < 4.78 is 78.5. The Kier molecular flexibility index (Phi) is 7.83. The number of aromatic amines is 1. The normalized spacial score (nSPS) is 29.8. The van der Waals surface area contributed by atoms with Gasteiger partial charge in [-0.2, -0.15) is 13.0 Å². The lowest BCUT2D eigenvalue weighted by molar-refractivity contribution is -0.0903. The zero-order valence-electron chi connectivity index (χ0n) is 15.0. The molecule has 6 N–H and O–H groups in total. The van der Waals surface area contributed by atoms with Gasteiger partial charge in [0.1, 0.15) is 12.7 Å². The van der Waals surface area contributed by atoms with Crippen molar-refractivity contribution in [2.24, 2.45) is 0 Å². The third kappa shape index (κ3) is 6.25. The zero-order valence-corrected chi connectivity index (χ0v) is 18.5. The van der Waals surface area contributed by atoms with Crippen LogP contribution < -0.4 is 5.56 Å². The molecule has 1 saturated heterocycles. The molecule has 6 atom stereocenters. The fourth-order valence-corrected chi connectivity index (χ4v) is 5.68. The number of rotatable bonds is 8. The van der Waals surface area contributed by atoms with Gasteiger partial charge in [-0.05, 0) is 12.2 Å². The number of nitrogens with zero attached hydrogens (tertiary/aromatic N) is 1. The number of aliphatic hydroxyl groups excluding tert-OH is 1. The zero-order chi connectivity index (χ0) is 24.7. The third-order valence-electron chi connectivity index (χ3n) is 3.68. The van der Waals surface area contributed by atoms with Gasteiger partial charge in [0.05, 0.1) is 6.20 Å². The molecule has 1 fully saturated rings. The molecule has 1 aromatic rings. The Bertz CT molecular complexity index is 1190. The fraction of sp³-hybridized carbons (Fsp3) is 0.455. The van der Waals surface area contributed by atoms with E-state index in [2.05, 4.69) is 13.1 Å². The van der Waals surface area contributed by atoms with Gasteiger partial charge in [-0.25, -0.2) is 18.1 Å². The first kappa shape index (κ1) is 27.1. The monoisotopic (exact) mass is 544 g/mol. The first-order valence-corrected chi connectivity index (χ1v) is 12.6. The summed E-state index contributed by atoms with van der Waals surface area (Å²) in [5, 5.41) is 10.2. The average Bonchev–Trinajstić information content (AvgIpc) is 2.85. The van der Waals surface area contributed by atoms with E-state index in [0.717, 1.165) is 0 Å². The molecule has 2 rings (SSSR count). The second kappa shape index (κ2) is 9.24. The molecule has 0 amide bonds. The molecule has 1 aliphatic heterocycles. The number of halogens is 2. The van der Waals surface area contributed by atoms with Crippen LogP contribution in [0.15, 0.2) is 11.0 Å². The highest BCUT2D eigenvalue weighted by Crippen LogP contribution is 2.66. The van der Waals surface area contributed by atoms with E-state index in [1.807, 2.05) is 4.98 Å². The predicted molar refractivity (Wildman–Crippen MR) is 98.3 cm³/mol. The first-order valence-electron chi connectivity index (χ1n) is 7.69. The molecule has 32 heavy (non-hydrogen) atoms. The molecule has 1 aromatic heterocycles. The Hall–Kier alpha value is -1.15. The van der Waals surface area contributed by atoms with E-state index < -0.39 is 70.3 Å². The molecule has 0 spiro atoms. The number of terminal acetylenes is 1. The molecule has 21 heteroatoms. The Morgan fingerprint density at radius 3 is 2.41 bits per heavy atom. The standard InChI is InChI=1S/C11H13F2N2O13P3S/c1-2-11(4-25-30(21,22)28-31(23,24)27-29(18,19)20)7(16)6(13)9(26-11)15-3-5(12)8(17)14-10(15)32/h1,3,6-7,9,16H,4H2,(H,21,22)(H,23,24)(H,14,17,32)(H2,18,19,20)/t6-,7+,9+,11+/m0/s1. The Balaban J connectivity index is 2.26. The Labute approximate surface area is 181 Å². The number of hydrogen-bond acceptors (Lipinski definition) is 10. The van der Waals surface area contributed by atoms with Crippen LogP contribution in [0.5, 0.6) is 0 Å². The van der Waals surface area contributed by atoms with Crippen molar-refractivity contribution in [2.75, 3.05) is 6.61 Å². The minimum Gasteiger partial charge on any atom is -0.386 e. The summed E-state index contributed by atoms with van der Waals surface area (Å²) in [5.41, 5.74) is -3.83. The predicted octanol–water partition coefficient (Wildman–Crippen LogP) is -0.0119. The molecule has 2 heterocycles. The molecule has 2 unspecified atom stereocenters. The summed E-state index contributed by atoms with van der Waals surface area (Å²) >= 11 is 4.75. The Morgan fingerprint density at radius 2 is 1.88 bits per heavy atom. The van der Waals surface area contributed by atoms with Crippen molar-refractivity contribution in [1.29, 1.82) is 0 Å². The van der Waals surface area contributed by atoms with E-state index >= 15 is 0 Å². The quantitative estimate of drug-likeness (QED) is 0.144. The number of hydrogen-bond donors (Lipinski definition) is 6. The summed E-state index contributed by atoms with van der Waals surface area (Å²) in [6.45, 7) is -1.40. The van der Waals surface area contributed by atoms with Crippen LogP contribution in [0.1, 0.15) is 6.23 Å². The van der Waals surface area contributed by atoms with Gasteiger partial charge < -0.3 is 29.4 Å². The van der Waals surface area contributed by atoms with Gasteiger partial charge in [0.2, 0.25) is 5.82 Å². The number of ether oxygens (including phenoxy) is 1. The number of phosphoric ester groups is 1. The molecule has 0 bridgehead atoms. The SMILES string of the molecule is C#C[C@]1(COP(=O)(O)OP(=O)(O)OP(=O)(O)O)O[C@@H](n2cc(F)c(=O)[nH]c2=S)[C@@H](F)[C@H]1O. The van der Waals surface area contributed by atoms with Crippen LogP contribution in [0, 0.1) is 22.9 Å². The largest absolute Gasteiger partial charge is 0.490 e. The molecule has 0 radical (unpaired) electrons. The molecular formula is C11H13F2N2O13P3S. The average molecular weight is 544 g/mol. The van der Waals surface area contributed by atoms with Gasteiger partial charge in [-0.1, -0.05) is 5.92 Å². The molecule has 0 saturated carbocycles.